The van der Waals surface area contributed by atoms with Crippen LogP contribution < -0.4 is 9.62 Å². The maximum atomic E-state index is 12.9. The van der Waals surface area contributed by atoms with Crippen molar-refractivity contribution in [1.29, 1.82) is 0 Å². The number of carbonyl (C=O) groups is 1. The van der Waals surface area contributed by atoms with Crippen LogP contribution in [-0.4, -0.2) is 20.4 Å². The first-order chi connectivity index (χ1) is 12.8. The minimum absolute atomic E-state index is 0.0672. The van der Waals surface area contributed by atoms with E-state index in [1.54, 1.807) is 18.2 Å². The first-order valence-electron chi connectivity index (χ1n) is 9.33. The molecule has 1 fully saturated rings. The lowest BCUT2D eigenvalue weighted by atomic mass is 10.1. The molecule has 0 unspecified atom stereocenters. The predicted octanol–water partition coefficient (Wildman–Crippen LogP) is 3.79. The third-order valence-corrected chi connectivity index (χ3v) is 6.81. The van der Waals surface area contributed by atoms with Crippen LogP contribution in [0, 0.1) is 19.8 Å². The van der Waals surface area contributed by atoms with Gasteiger partial charge in [0.15, 0.2) is 0 Å². The number of nitrogens with one attached hydrogen (secondary N) is 1. The van der Waals surface area contributed by atoms with Crippen LogP contribution in [0.15, 0.2) is 41.3 Å². The fraction of sp³-hybridized carbons (Fsp3) is 0.381. The molecule has 27 heavy (non-hydrogen) atoms. The van der Waals surface area contributed by atoms with Crippen molar-refractivity contribution >= 4 is 27.3 Å². The zero-order valence-corrected chi connectivity index (χ0v) is 16.6. The van der Waals surface area contributed by atoms with Gasteiger partial charge in [-0.3, -0.25) is 9.52 Å². The molecule has 0 radical (unpaired) electrons. The summed E-state index contributed by atoms with van der Waals surface area (Å²) in [5.41, 5.74) is 4.16. The molecule has 142 valence electrons. The maximum Gasteiger partial charge on any atom is 0.261 e. The summed E-state index contributed by atoms with van der Waals surface area (Å²) in [6, 6.07) is 10.8. The molecule has 2 aromatic carbocycles. The second-order valence-electron chi connectivity index (χ2n) is 7.70. The Morgan fingerprint density at radius 2 is 1.78 bits per heavy atom. The number of sulfonamides is 1. The molecule has 2 aliphatic rings. The van der Waals surface area contributed by atoms with Crippen LogP contribution in [0.1, 0.15) is 36.5 Å². The second-order valence-corrected chi connectivity index (χ2v) is 9.38. The highest BCUT2D eigenvalue weighted by molar-refractivity contribution is 7.92. The van der Waals surface area contributed by atoms with Gasteiger partial charge < -0.3 is 4.90 Å². The van der Waals surface area contributed by atoms with E-state index < -0.39 is 10.0 Å². The largest absolute Gasteiger partial charge is 0.309 e. The Kier molecular flexibility index (Phi) is 4.26. The first kappa shape index (κ1) is 18.0. The smallest absolute Gasteiger partial charge is 0.261 e. The van der Waals surface area contributed by atoms with Gasteiger partial charge in [-0.05, 0) is 74.9 Å². The van der Waals surface area contributed by atoms with E-state index in [2.05, 4.69) is 4.72 Å². The number of nitrogens with zero attached hydrogens (tertiary/aromatic N) is 1. The van der Waals surface area contributed by atoms with Crippen LogP contribution in [0.5, 0.6) is 0 Å². The normalized spacial score (nSPS) is 19.1. The molecule has 1 atom stereocenters. The summed E-state index contributed by atoms with van der Waals surface area (Å²) in [7, 11) is -3.69. The lowest BCUT2D eigenvalue weighted by Crippen LogP contribution is -2.36. The topological polar surface area (TPSA) is 66.5 Å². The molecule has 0 saturated heterocycles. The van der Waals surface area contributed by atoms with Gasteiger partial charge >= 0.3 is 0 Å². The fourth-order valence-electron chi connectivity index (χ4n) is 3.81. The zero-order chi connectivity index (χ0) is 19.3. The van der Waals surface area contributed by atoms with Gasteiger partial charge in [0.1, 0.15) is 0 Å². The SMILES string of the molecule is Cc1cccc(C)c1NS(=O)(=O)c1ccc2c(c1)C[C@@H](C)N2C(=O)C1CC1. The molecule has 0 bridgehead atoms. The van der Waals surface area contributed by atoms with E-state index in [-0.39, 0.29) is 22.8 Å². The monoisotopic (exact) mass is 384 g/mol. The van der Waals surface area contributed by atoms with E-state index in [1.165, 1.54) is 0 Å². The Balaban J connectivity index is 1.66. The van der Waals surface area contributed by atoms with Crippen molar-refractivity contribution in [2.45, 2.75) is 51.0 Å². The number of hydrogen-bond acceptors (Lipinski definition) is 3. The number of hydrogen-bond donors (Lipinski definition) is 1. The number of amides is 1. The Labute approximate surface area is 160 Å². The molecule has 0 spiro atoms. The fourth-order valence-corrected chi connectivity index (χ4v) is 5.06. The quantitative estimate of drug-likeness (QED) is 0.872. The molecule has 1 aliphatic heterocycles. The van der Waals surface area contributed by atoms with Crippen molar-refractivity contribution in [2.75, 3.05) is 9.62 Å². The van der Waals surface area contributed by atoms with Gasteiger partial charge in [-0.2, -0.15) is 0 Å². The summed E-state index contributed by atoms with van der Waals surface area (Å²) >= 11 is 0. The summed E-state index contributed by atoms with van der Waals surface area (Å²) in [5.74, 6) is 0.318. The van der Waals surface area contributed by atoms with Gasteiger partial charge in [-0.1, -0.05) is 18.2 Å². The molecule has 1 N–H and O–H groups in total. The van der Waals surface area contributed by atoms with Gasteiger partial charge in [-0.15, -0.1) is 0 Å². The van der Waals surface area contributed by atoms with E-state index in [0.717, 1.165) is 35.2 Å². The lowest BCUT2D eigenvalue weighted by molar-refractivity contribution is -0.120. The predicted molar refractivity (Wildman–Crippen MR) is 107 cm³/mol. The third-order valence-electron chi connectivity index (χ3n) is 5.46. The molecule has 2 aromatic rings. The number of aryl methyl sites for hydroxylation is 2. The lowest BCUT2D eigenvalue weighted by Gasteiger charge is -2.22. The molecule has 1 saturated carbocycles. The van der Waals surface area contributed by atoms with Gasteiger partial charge in [0.25, 0.3) is 10.0 Å². The van der Waals surface area contributed by atoms with E-state index in [4.69, 9.17) is 0 Å². The maximum absolute atomic E-state index is 12.9. The minimum Gasteiger partial charge on any atom is -0.309 e. The van der Waals surface area contributed by atoms with Crippen molar-refractivity contribution in [3.8, 4) is 0 Å². The van der Waals surface area contributed by atoms with Crippen molar-refractivity contribution < 1.29 is 13.2 Å². The summed E-state index contributed by atoms with van der Waals surface area (Å²) in [5, 5.41) is 0. The highest BCUT2D eigenvalue weighted by Gasteiger charge is 2.39. The zero-order valence-electron chi connectivity index (χ0n) is 15.8. The Morgan fingerprint density at radius 3 is 2.41 bits per heavy atom. The number of rotatable bonds is 4. The minimum atomic E-state index is -3.69. The van der Waals surface area contributed by atoms with E-state index in [9.17, 15) is 13.2 Å². The Bertz CT molecular complexity index is 1010. The average Bonchev–Trinajstić information content (AvgIpc) is 3.40. The van der Waals surface area contributed by atoms with E-state index >= 15 is 0 Å². The standard InChI is InChI=1S/C21H24N2O3S/c1-13-5-4-6-14(2)20(13)22-27(25,26)18-9-10-19-17(12-18)11-15(3)23(19)21(24)16-7-8-16/h4-6,9-10,12,15-16,22H,7-8,11H2,1-3H3/t15-/m1/s1. The molecule has 1 amide bonds. The van der Waals surface area contributed by atoms with Gasteiger partial charge in [0.2, 0.25) is 5.91 Å². The van der Waals surface area contributed by atoms with Crippen LogP contribution in [-0.2, 0) is 21.2 Å². The van der Waals surface area contributed by atoms with Gasteiger partial charge in [0, 0.05) is 17.6 Å². The molecule has 1 aliphatic carbocycles. The molecule has 0 aromatic heterocycles. The molecule has 4 rings (SSSR count). The molecule has 6 heteroatoms. The van der Waals surface area contributed by atoms with Crippen molar-refractivity contribution in [3.05, 3.63) is 53.1 Å². The Morgan fingerprint density at radius 1 is 1.11 bits per heavy atom. The number of para-hydroxylation sites is 1. The highest BCUT2D eigenvalue weighted by atomic mass is 32.2. The number of carbonyl (C=O) groups excluding carboxylic acids is 1. The van der Waals surface area contributed by atoms with Crippen LogP contribution >= 0.6 is 0 Å². The van der Waals surface area contributed by atoms with Crippen molar-refractivity contribution in [1.82, 2.24) is 0 Å². The van der Waals surface area contributed by atoms with Crippen LogP contribution in [0.25, 0.3) is 0 Å². The van der Waals surface area contributed by atoms with Crippen molar-refractivity contribution in [2.24, 2.45) is 5.92 Å². The summed E-state index contributed by atoms with van der Waals surface area (Å²) in [4.78, 5) is 14.7. The van der Waals surface area contributed by atoms with Crippen LogP contribution in [0.3, 0.4) is 0 Å². The number of benzene rings is 2. The number of fused-ring (bicyclic) bond motifs is 1. The Hall–Kier alpha value is -2.34. The second kappa shape index (κ2) is 6.37. The van der Waals surface area contributed by atoms with Crippen LogP contribution in [0.2, 0.25) is 0 Å². The van der Waals surface area contributed by atoms with E-state index in [1.807, 2.05) is 43.9 Å². The van der Waals surface area contributed by atoms with Gasteiger partial charge in [-0.25, -0.2) is 8.42 Å². The molecular weight excluding hydrogens is 360 g/mol. The number of anilines is 2. The van der Waals surface area contributed by atoms with Gasteiger partial charge in [0.05, 0.1) is 10.6 Å². The summed E-state index contributed by atoms with van der Waals surface area (Å²) in [6.07, 6.45) is 2.60. The highest BCUT2D eigenvalue weighted by Crippen LogP contribution is 2.39. The molecule has 1 heterocycles. The summed E-state index contributed by atoms with van der Waals surface area (Å²) in [6.45, 7) is 5.79. The average molecular weight is 385 g/mol. The van der Waals surface area contributed by atoms with Crippen LogP contribution in [0.4, 0.5) is 11.4 Å². The first-order valence-corrected chi connectivity index (χ1v) is 10.8. The van der Waals surface area contributed by atoms with Crippen molar-refractivity contribution in [3.63, 3.8) is 0 Å². The third kappa shape index (κ3) is 3.23. The van der Waals surface area contributed by atoms with E-state index in [0.29, 0.717) is 12.1 Å². The summed E-state index contributed by atoms with van der Waals surface area (Å²) < 4.78 is 28.6. The molecular formula is C21H24N2O3S. The molecule has 5 nitrogen and oxygen atoms in total.